The summed E-state index contributed by atoms with van der Waals surface area (Å²) in [5, 5.41) is 22.0. The Kier molecular flexibility index (Phi) is 6.63. The van der Waals surface area contributed by atoms with E-state index >= 15 is 0 Å². The lowest BCUT2D eigenvalue weighted by atomic mass is 9.69. The summed E-state index contributed by atoms with van der Waals surface area (Å²) < 4.78 is 12.4. The maximum Gasteiger partial charge on any atom is 0.320 e. The minimum absolute atomic E-state index is 0.0111. The molecule has 2 aromatic rings. The van der Waals surface area contributed by atoms with Gasteiger partial charge in [-0.3, -0.25) is 9.59 Å². The molecule has 3 atom stereocenters. The van der Waals surface area contributed by atoms with Crippen molar-refractivity contribution in [1.29, 1.82) is 5.26 Å². The van der Waals surface area contributed by atoms with E-state index in [4.69, 9.17) is 9.16 Å². The van der Waals surface area contributed by atoms with Crippen molar-refractivity contribution in [1.82, 2.24) is 0 Å². The van der Waals surface area contributed by atoms with Crippen molar-refractivity contribution < 1.29 is 23.9 Å². The van der Waals surface area contributed by atoms with Crippen LogP contribution in [0.25, 0.3) is 0 Å². The molecule has 190 valence electrons. The van der Waals surface area contributed by atoms with Gasteiger partial charge in [-0.1, -0.05) is 69.3 Å². The molecule has 1 N–H and O–H groups in total. The number of rotatable bonds is 6. The zero-order valence-corrected chi connectivity index (χ0v) is 22.6. The summed E-state index contributed by atoms with van der Waals surface area (Å²) >= 11 is 0. The van der Waals surface area contributed by atoms with Gasteiger partial charge in [-0.05, 0) is 35.3 Å². The van der Waals surface area contributed by atoms with Gasteiger partial charge in [0.05, 0.1) is 12.5 Å². The summed E-state index contributed by atoms with van der Waals surface area (Å²) in [7, 11) is -2.56. The number of esters is 1. The first kappa shape index (κ1) is 26.1. The summed E-state index contributed by atoms with van der Waals surface area (Å²) in [6.45, 7) is 10.2. The Hall–Kier alpha value is -2.99. The van der Waals surface area contributed by atoms with Gasteiger partial charge in [0.15, 0.2) is 14.1 Å². The summed E-state index contributed by atoms with van der Waals surface area (Å²) in [6.07, 6.45) is -0.167. The minimum Gasteiger partial charge on any atom is -0.460 e. The lowest BCUT2D eigenvalue weighted by Gasteiger charge is -2.52. The number of hydrogen-bond donors (Lipinski definition) is 1. The van der Waals surface area contributed by atoms with Gasteiger partial charge >= 0.3 is 5.97 Å². The lowest BCUT2D eigenvalue weighted by molar-refractivity contribution is -0.199. The Morgan fingerprint density at radius 3 is 2.44 bits per heavy atom. The SMILES string of the molecule is CC(C)(C)[Si](C)(C)O[C@@]1(O)CCC(=O)N2c3ccccc3[C@@](CC#N)(C(=O)OCc3ccccc3)C21. The van der Waals surface area contributed by atoms with E-state index in [2.05, 4.69) is 26.8 Å². The van der Waals surface area contributed by atoms with Crippen LogP contribution >= 0.6 is 0 Å². The Morgan fingerprint density at radius 2 is 1.81 bits per heavy atom. The van der Waals surface area contributed by atoms with Gasteiger partial charge < -0.3 is 19.2 Å². The molecule has 0 aliphatic carbocycles. The van der Waals surface area contributed by atoms with Crippen molar-refractivity contribution in [2.24, 2.45) is 0 Å². The van der Waals surface area contributed by atoms with Crippen molar-refractivity contribution in [3.05, 3.63) is 65.7 Å². The maximum absolute atomic E-state index is 14.0. The van der Waals surface area contributed by atoms with Crippen molar-refractivity contribution in [3.8, 4) is 6.07 Å². The standard InChI is InChI=1S/C28H34N2O5Si/c1-26(2,3)36(4,5)35-28(33)16-15-23(31)30-22-14-10-9-13-21(22)27(17-18-29,24(28)30)25(32)34-19-20-11-7-6-8-12-20/h6-14,24,33H,15-17,19H2,1-5H3/t24?,27-,28+/m1/s1. The predicted molar refractivity (Wildman–Crippen MR) is 138 cm³/mol. The van der Waals surface area contributed by atoms with Crippen LogP contribution in [0.4, 0.5) is 5.69 Å². The van der Waals surface area contributed by atoms with E-state index in [0.29, 0.717) is 11.3 Å². The van der Waals surface area contributed by atoms with Crippen molar-refractivity contribution in [2.75, 3.05) is 4.90 Å². The summed E-state index contributed by atoms with van der Waals surface area (Å²) in [5.74, 6) is -2.70. The van der Waals surface area contributed by atoms with Gasteiger partial charge in [-0.2, -0.15) is 5.26 Å². The molecule has 0 bridgehead atoms. The van der Waals surface area contributed by atoms with E-state index in [-0.39, 0.29) is 36.8 Å². The molecule has 2 aliphatic rings. The van der Waals surface area contributed by atoms with Crippen LogP contribution in [-0.2, 0) is 30.8 Å². The zero-order chi connectivity index (χ0) is 26.4. The van der Waals surface area contributed by atoms with E-state index in [0.717, 1.165) is 5.56 Å². The third-order valence-electron chi connectivity index (χ3n) is 7.94. The monoisotopic (exact) mass is 506 g/mol. The molecule has 0 aromatic heterocycles. The highest BCUT2D eigenvalue weighted by atomic mass is 28.4. The molecule has 8 heteroatoms. The number of ether oxygens (including phenoxy) is 1. The van der Waals surface area contributed by atoms with Gasteiger partial charge in [0.25, 0.3) is 0 Å². The quantitative estimate of drug-likeness (QED) is 0.343. The van der Waals surface area contributed by atoms with E-state index in [1.165, 1.54) is 4.90 Å². The van der Waals surface area contributed by atoms with Gasteiger partial charge in [-0.15, -0.1) is 0 Å². The molecule has 1 saturated heterocycles. The highest BCUT2D eigenvalue weighted by Gasteiger charge is 2.68. The molecule has 7 nitrogen and oxygen atoms in total. The number of carbonyl (C=O) groups is 2. The largest absolute Gasteiger partial charge is 0.460 e. The number of para-hydroxylation sites is 1. The Balaban J connectivity index is 1.86. The molecular formula is C28H34N2O5Si. The van der Waals surface area contributed by atoms with Crippen LogP contribution in [0.3, 0.4) is 0 Å². The van der Waals surface area contributed by atoms with Crippen molar-refractivity contribution in [2.45, 2.75) is 82.0 Å². The molecule has 0 spiro atoms. The average Bonchev–Trinajstić information content (AvgIpc) is 3.13. The molecule has 2 aliphatic heterocycles. The van der Waals surface area contributed by atoms with Crippen LogP contribution in [0, 0.1) is 11.3 Å². The first-order chi connectivity index (χ1) is 16.9. The summed E-state index contributed by atoms with van der Waals surface area (Å²) in [6, 6.07) is 17.4. The van der Waals surface area contributed by atoms with Gasteiger partial charge in [-0.25, -0.2) is 0 Å². The molecule has 2 aromatic carbocycles. The van der Waals surface area contributed by atoms with Gasteiger partial charge in [0.1, 0.15) is 18.1 Å². The number of nitrogens with zero attached hydrogens (tertiary/aromatic N) is 2. The third kappa shape index (κ3) is 4.15. The van der Waals surface area contributed by atoms with Crippen molar-refractivity contribution >= 4 is 25.9 Å². The Morgan fingerprint density at radius 1 is 1.17 bits per heavy atom. The van der Waals surface area contributed by atoms with E-state index < -0.39 is 31.5 Å². The van der Waals surface area contributed by atoms with Crippen LogP contribution in [0.1, 0.15) is 51.2 Å². The molecule has 2 heterocycles. The fourth-order valence-electron chi connectivity index (χ4n) is 5.14. The fraction of sp³-hybridized carbons (Fsp3) is 0.464. The number of nitriles is 1. The molecule has 0 radical (unpaired) electrons. The van der Waals surface area contributed by atoms with Crippen LogP contribution < -0.4 is 4.90 Å². The number of piperidine rings is 1. The van der Waals surface area contributed by atoms with Gasteiger partial charge in [0.2, 0.25) is 5.91 Å². The highest BCUT2D eigenvalue weighted by Crippen LogP contribution is 2.56. The molecule has 1 amide bonds. The Bertz CT molecular complexity index is 1200. The number of aliphatic hydroxyl groups is 1. The number of fused-ring (bicyclic) bond motifs is 3. The number of carbonyl (C=O) groups excluding carboxylic acids is 2. The molecule has 1 unspecified atom stereocenters. The van der Waals surface area contributed by atoms with Crippen LogP contribution in [0.15, 0.2) is 54.6 Å². The van der Waals surface area contributed by atoms with Crippen LogP contribution in [-0.4, -0.2) is 37.1 Å². The third-order valence-corrected chi connectivity index (χ3v) is 12.4. The lowest BCUT2D eigenvalue weighted by Crippen LogP contribution is -2.69. The first-order valence-corrected chi connectivity index (χ1v) is 15.2. The second kappa shape index (κ2) is 9.15. The van der Waals surface area contributed by atoms with Crippen molar-refractivity contribution in [3.63, 3.8) is 0 Å². The zero-order valence-electron chi connectivity index (χ0n) is 21.6. The topological polar surface area (TPSA) is 99.9 Å². The predicted octanol–water partition coefficient (Wildman–Crippen LogP) is 4.80. The fourth-order valence-corrected chi connectivity index (χ4v) is 6.54. The number of benzene rings is 2. The second-order valence-corrected chi connectivity index (χ2v) is 16.0. The van der Waals surface area contributed by atoms with E-state index in [9.17, 15) is 20.0 Å². The first-order valence-electron chi connectivity index (χ1n) is 12.3. The number of amides is 1. The van der Waals surface area contributed by atoms with Crippen LogP contribution in [0.2, 0.25) is 18.1 Å². The average molecular weight is 507 g/mol. The molecular weight excluding hydrogens is 472 g/mol. The second-order valence-electron chi connectivity index (χ2n) is 11.3. The van der Waals surface area contributed by atoms with E-state index in [1.807, 2.05) is 43.4 Å². The molecule has 4 rings (SSSR count). The molecule has 36 heavy (non-hydrogen) atoms. The minimum atomic E-state index is -2.56. The summed E-state index contributed by atoms with van der Waals surface area (Å²) in [4.78, 5) is 28.8. The molecule has 0 saturated carbocycles. The maximum atomic E-state index is 14.0. The van der Waals surface area contributed by atoms with E-state index in [1.54, 1.807) is 24.3 Å². The van der Waals surface area contributed by atoms with Gasteiger partial charge in [0, 0.05) is 18.5 Å². The number of hydrogen-bond acceptors (Lipinski definition) is 6. The number of anilines is 1. The molecule has 1 fully saturated rings. The smallest absolute Gasteiger partial charge is 0.320 e. The van der Waals surface area contributed by atoms with Crippen LogP contribution in [0.5, 0.6) is 0 Å². The normalized spacial score (nSPS) is 25.6. The summed E-state index contributed by atoms with van der Waals surface area (Å²) in [5.41, 5.74) is 0.208. The Labute approximate surface area is 213 Å². The highest BCUT2D eigenvalue weighted by molar-refractivity contribution is 6.74.